The maximum Gasteiger partial charge on any atom is 0.305 e. The SMILES string of the molecule is CCC(C)(C(=O)N(C)CCCC(=O)OC)C(N)=S. The molecule has 0 rings (SSSR count). The van der Waals surface area contributed by atoms with Gasteiger partial charge in [0.2, 0.25) is 5.91 Å². The predicted molar refractivity (Wildman–Crippen MR) is 74.1 cm³/mol. The second-order valence-corrected chi connectivity index (χ2v) is 4.90. The van der Waals surface area contributed by atoms with Crippen molar-refractivity contribution in [2.75, 3.05) is 20.7 Å². The van der Waals surface area contributed by atoms with Crippen molar-refractivity contribution in [2.45, 2.75) is 33.1 Å². The van der Waals surface area contributed by atoms with Crippen molar-refractivity contribution in [3.63, 3.8) is 0 Å². The molecule has 6 heteroatoms. The summed E-state index contributed by atoms with van der Waals surface area (Å²) in [6.07, 6.45) is 1.42. The summed E-state index contributed by atoms with van der Waals surface area (Å²) in [4.78, 5) is 24.9. The molecular weight excluding hydrogens is 252 g/mol. The summed E-state index contributed by atoms with van der Waals surface area (Å²) >= 11 is 4.95. The van der Waals surface area contributed by atoms with E-state index >= 15 is 0 Å². The van der Waals surface area contributed by atoms with Crippen molar-refractivity contribution in [2.24, 2.45) is 11.1 Å². The number of nitrogens with zero attached hydrogens (tertiary/aromatic N) is 1. The number of nitrogens with two attached hydrogens (primary N) is 1. The van der Waals surface area contributed by atoms with Gasteiger partial charge in [-0.05, 0) is 19.8 Å². The Balaban J connectivity index is 4.42. The number of methoxy groups -OCH3 is 1. The van der Waals surface area contributed by atoms with Gasteiger partial charge in [-0.15, -0.1) is 0 Å². The van der Waals surface area contributed by atoms with Gasteiger partial charge < -0.3 is 15.4 Å². The summed E-state index contributed by atoms with van der Waals surface area (Å²) in [5.74, 6) is -0.384. The minimum atomic E-state index is -0.810. The van der Waals surface area contributed by atoms with Crippen LogP contribution in [0.5, 0.6) is 0 Å². The van der Waals surface area contributed by atoms with Crippen LogP contribution in [0, 0.1) is 5.41 Å². The van der Waals surface area contributed by atoms with E-state index in [1.165, 1.54) is 7.11 Å². The molecule has 0 heterocycles. The van der Waals surface area contributed by atoms with Crippen molar-refractivity contribution in [1.82, 2.24) is 4.90 Å². The van der Waals surface area contributed by atoms with Crippen molar-refractivity contribution >= 4 is 29.1 Å². The lowest BCUT2D eigenvalue weighted by molar-refractivity contribution is -0.142. The third-order valence-electron chi connectivity index (χ3n) is 3.17. The van der Waals surface area contributed by atoms with Crippen molar-refractivity contribution < 1.29 is 14.3 Å². The Morgan fingerprint density at radius 3 is 2.39 bits per heavy atom. The molecule has 0 fully saturated rings. The van der Waals surface area contributed by atoms with E-state index in [0.717, 1.165) is 0 Å². The summed E-state index contributed by atoms with van der Waals surface area (Å²) in [5.41, 5.74) is 4.82. The molecule has 0 spiro atoms. The van der Waals surface area contributed by atoms with E-state index in [1.807, 2.05) is 6.92 Å². The molecule has 18 heavy (non-hydrogen) atoms. The Labute approximate surface area is 114 Å². The van der Waals surface area contributed by atoms with Crippen LogP contribution >= 0.6 is 12.2 Å². The van der Waals surface area contributed by atoms with E-state index in [4.69, 9.17) is 18.0 Å². The van der Waals surface area contributed by atoms with E-state index in [2.05, 4.69) is 4.74 Å². The highest BCUT2D eigenvalue weighted by Crippen LogP contribution is 2.24. The summed E-state index contributed by atoms with van der Waals surface area (Å²) in [5, 5.41) is 0. The number of thiocarbonyl (C=S) groups is 1. The largest absolute Gasteiger partial charge is 0.469 e. The fourth-order valence-corrected chi connectivity index (χ4v) is 1.75. The first-order valence-electron chi connectivity index (χ1n) is 5.91. The number of carbonyl (C=O) groups is 2. The molecule has 1 amide bonds. The average molecular weight is 274 g/mol. The topological polar surface area (TPSA) is 72.6 Å². The second kappa shape index (κ2) is 7.31. The molecule has 0 radical (unpaired) electrons. The molecule has 0 aliphatic heterocycles. The summed E-state index contributed by atoms with van der Waals surface area (Å²) < 4.78 is 4.54. The Bertz CT molecular complexity index is 333. The van der Waals surface area contributed by atoms with Crippen LogP contribution in [0.4, 0.5) is 0 Å². The van der Waals surface area contributed by atoms with Crippen LogP contribution in [-0.4, -0.2) is 42.5 Å². The zero-order chi connectivity index (χ0) is 14.3. The molecular formula is C12H22N2O3S. The van der Waals surface area contributed by atoms with E-state index < -0.39 is 5.41 Å². The Hall–Kier alpha value is -1.17. The smallest absolute Gasteiger partial charge is 0.305 e. The maximum atomic E-state index is 12.2. The number of esters is 1. The van der Waals surface area contributed by atoms with Crippen LogP contribution in [0.3, 0.4) is 0 Å². The van der Waals surface area contributed by atoms with E-state index in [-0.39, 0.29) is 16.9 Å². The second-order valence-electron chi connectivity index (χ2n) is 4.46. The molecule has 1 atom stereocenters. The van der Waals surface area contributed by atoms with Crippen LogP contribution in [0.1, 0.15) is 33.1 Å². The summed E-state index contributed by atoms with van der Waals surface area (Å²) in [6, 6.07) is 0. The third kappa shape index (κ3) is 4.25. The molecule has 5 nitrogen and oxygen atoms in total. The zero-order valence-electron chi connectivity index (χ0n) is 11.5. The van der Waals surface area contributed by atoms with E-state index in [9.17, 15) is 9.59 Å². The molecule has 0 aromatic rings. The fraction of sp³-hybridized carbons (Fsp3) is 0.750. The number of ether oxygens (including phenoxy) is 1. The lowest BCUT2D eigenvalue weighted by atomic mass is 9.86. The molecule has 0 aliphatic rings. The Kier molecular flexibility index (Phi) is 6.83. The van der Waals surface area contributed by atoms with Crippen LogP contribution in [-0.2, 0) is 14.3 Å². The van der Waals surface area contributed by atoms with Crippen LogP contribution in [0.25, 0.3) is 0 Å². The first kappa shape index (κ1) is 16.8. The van der Waals surface area contributed by atoms with Gasteiger partial charge in [0.05, 0.1) is 17.5 Å². The number of carbonyl (C=O) groups excluding carboxylic acids is 2. The summed E-state index contributed by atoms with van der Waals surface area (Å²) in [7, 11) is 3.03. The minimum absolute atomic E-state index is 0.109. The van der Waals surface area contributed by atoms with Crippen molar-refractivity contribution in [3.05, 3.63) is 0 Å². The first-order chi connectivity index (χ1) is 8.29. The average Bonchev–Trinajstić information content (AvgIpc) is 2.35. The van der Waals surface area contributed by atoms with Crippen LogP contribution in [0.15, 0.2) is 0 Å². The molecule has 1 unspecified atom stereocenters. The van der Waals surface area contributed by atoms with Gasteiger partial charge in [0.15, 0.2) is 0 Å². The van der Waals surface area contributed by atoms with Gasteiger partial charge in [-0.25, -0.2) is 0 Å². The number of hydrogen-bond donors (Lipinski definition) is 1. The lowest BCUT2D eigenvalue weighted by Gasteiger charge is -2.30. The van der Waals surface area contributed by atoms with Gasteiger partial charge >= 0.3 is 5.97 Å². The van der Waals surface area contributed by atoms with Crippen LogP contribution in [0.2, 0.25) is 0 Å². The number of rotatable bonds is 7. The lowest BCUT2D eigenvalue weighted by Crippen LogP contribution is -2.47. The highest BCUT2D eigenvalue weighted by molar-refractivity contribution is 7.80. The predicted octanol–water partition coefficient (Wildman–Crippen LogP) is 1.10. The van der Waals surface area contributed by atoms with Crippen LogP contribution < -0.4 is 5.73 Å². The standard InChI is InChI=1S/C12H22N2O3S/c1-5-12(2,10(13)18)11(16)14(3)8-6-7-9(15)17-4/h5-8H2,1-4H3,(H2,13,18). The quantitative estimate of drug-likeness (QED) is 0.556. The van der Waals surface area contributed by atoms with Gasteiger partial charge in [-0.1, -0.05) is 19.1 Å². The number of amides is 1. The summed E-state index contributed by atoms with van der Waals surface area (Å²) in [6.45, 7) is 4.10. The fourth-order valence-electron chi connectivity index (χ4n) is 1.52. The highest BCUT2D eigenvalue weighted by Gasteiger charge is 2.36. The van der Waals surface area contributed by atoms with E-state index in [0.29, 0.717) is 25.8 Å². The first-order valence-corrected chi connectivity index (χ1v) is 6.32. The third-order valence-corrected chi connectivity index (χ3v) is 3.62. The molecule has 0 saturated carbocycles. The van der Waals surface area contributed by atoms with Gasteiger partial charge in [0.25, 0.3) is 0 Å². The molecule has 0 aliphatic carbocycles. The van der Waals surface area contributed by atoms with Gasteiger partial charge in [-0.3, -0.25) is 9.59 Å². The molecule has 104 valence electrons. The van der Waals surface area contributed by atoms with Crippen molar-refractivity contribution in [3.8, 4) is 0 Å². The van der Waals surface area contributed by atoms with Gasteiger partial charge in [-0.2, -0.15) is 0 Å². The van der Waals surface area contributed by atoms with Gasteiger partial charge in [0, 0.05) is 20.0 Å². The highest BCUT2D eigenvalue weighted by atomic mass is 32.1. The Morgan fingerprint density at radius 2 is 2.00 bits per heavy atom. The van der Waals surface area contributed by atoms with E-state index in [1.54, 1.807) is 18.9 Å². The van der Waals surface area contributed by atoms with Crippen molar-refractivity contribution in [1.29, 1.82) is 0 Å². The van der Waals surface area contributed by atoms with Gasteiger partial charge in [0.1, 0.15) is 0 Å². The number of hydrogen-bond acceptors (Lipinski definition) is 4. The normalized spacial score (nSPS) is 13.6. The monoisotopic (exact) mass is 274 g/mol. The zero-order valence-corrected chi connectivity index (χ0v) is 12.3. The molecule has 2 N–H and O–H groups in total. The molecule has 0 bridgehead atoms. The Morgan fingerprint density at radius 1 is 1.44 bits per heavy atom. The minimum Gasteiger partial charge on any atom is -0.469 e. The molecule has 0 aromatic carbocycles. The molecule has 0 aromatic heterocycles. The maximum absolute atomic E-state index is 12.2. The molecule has 0 saturated heterocycles.